The molecule has 4 aromatic rings. The summed E-state index contributed by atoms with van der Waals surface area (Å²) in [6.45, 7) is 19.3. The molecule has 0 aliphatic carbocycles. The van der Waals surface area contributed by atoms with Crippen molar-refractivity contribution in [2.75, 3.05) is 26.2 Å². The van der Waals surface area contributed by atoms with Crippen molar-refractivity contribution in [3.8, 4) is 11.4 Å². The van der Waals surface area contributed by atoms with Crippen molar-refractivity contribution in [2.24, 2.45) is 0 Å². The molecule has 1 saturated heterocycles. The van der Waals surface area contributed by atoms with Crippen LogP contribution in [0.2, 0.25) is 0 Å². The van der Waals surface area contributed by atoms with Gasteiger partial charge in [0.15, 0.2) is 0 Å². The van der Waals surface area contributed by atoms with Crippen molar-refractivity contribution < 1.29 is 5.11 Å². The van der Waals surface area contributed by atoms with Gasteiger partial charge < -0.3 is 15.4 Å². The third-order valence-corrected chi connectivity index (χ3v) is 8.70. The lowest BCUT2D eigenvalue weighted by Gasteiger charge is -2.44. The van der Waals surface area contributed by atoms with E-state index in [-0.39, 0.29) is 60.0 Å². The van der Waals surface area contributed by atoms with Crippen LogP contribution in [0.4, 0.5) is 0 Å². The van der Waals surface area contributed by atoms with Crippen LogP contribution in [-0.2, 0) is 10.8 Å². The number of aliphatic hydroxyl groups excluding tert-OH is 1. The Balaban J connectivity index is 0.00000235. The average Bonchev–Trinajstić information content (AvgIpc) is 3.37. The van der Waals surface area contributed by atoms with Crippen molar-refractivity contribution in [1.82, 2.24) is 20.2 Å². The molecular formula is C37H51Cl3N4O. The molecular weight excluding hydrogens is 623 g/mol. The Labute approximate surface area is 288 Å². The lowest BCUT2D eigenvalue weighted by molar-refractivity contribution is 0.0290. The van der Waals surface area contributed by atoms with Crippen molar-refractivity contribution in [2.45, 2.75) is 77.4 Å². The first-order chi connectivity index (χ1) is 20.0. The fraction of sp³-hybridized carbons (Fsp3) is 0.432. The summed E-state index contributed by atoms with van der Waals surface area (Å²) in [4.78, 5) is 11.0. The van der Waals surface area contributed by atoms with Gasteiger partial charge in [-0.25, -0.2) is 4.98 Å². The highest BCUT2D eigenvalue weighted by molar-refractivity contribution is 5.86. The van der Waals surface area contributed by atoms with Gasteiger partial charge in [-0.05, 0) is 40.0 Å². The first kappa shape index (κ1) is 38.8. The number of nitrogens with one attached hydrogen (secondary N) is 2. The van der Waals surface area contributed by atoms with E-state index < -0.39 is 6.10 Å². The molecule has 0 spiro atoms. The molecule has 0 saturated carbocycles. The fourth-order valence-corrected chi connectivity index (χ4v) is 6.67. The molecule has 0 amide bonds. The molecule has 5 rings (SSSR count). The highest BCUT2D eigenvalue weighted by Gasteiger charge is 2.41. The number of aliphatic hydroxyl groups is 1. The van der Waals surface area contributed by atoms with Crippen molar-refractivity contribution in [1.29, 1.82) is 0 Å². The molecule has 2 unspecified atom stereocenters. The Morgan fingerprint density at radius 1 is 0.711 bits per heavy atom. The Bertz CT molecular complexity index is 1430. The third kappa shape index (κ3) is 8.51. The molecule has 1 aromatic heterocycles. The van der Waals surface area contributed by atoms with Crippen LogP contribution in [0.3, 0.4) is 0 Å². The van der Waals surface area contributed by atoms with Crippen molar-refractivity contribution in [3.05, 3.63) is 113 Å². The number of benzene rings is 3. The van der Waals surface area contributed by atoms with Crippen LogP contribution in [0.25, 0.3) is 11.4 Å². The molecule has 8 heteroatoms. The second kappa shape index (κ2) is 15.9. The quantitative estimate of drug-likeness (QED) is 0.184. The molecule has 246 valence electrons. The summed E-state index contributed by atoms with van der Waals surface area (Å²) in [5, 5.41) is 16.1. The second-order valence-corrected chi connectivity index (χ2v) is 13.8. The van der Waals surface area contributed by atoms with Gasteiger partial charge >= 0.3 is 0 Å². The summed E-state index contributed by atoms with van der Waals surface area (Å²) < 4.78 is 0. The molecule has 1 aliphatic heterocycles. The number of aromatic amines is 1. The fourth-order valence-electron chi connectivity index (χ4n) is 6.67. The van der Waals surface area contributed by atoms with Crippen LogP contribution in [0, 0.1) is 6.92 Å². The predicted octanol–water partition coefficient (Wildman–Crippen LogP) is 8.38. The summed E-state index contributed by atoms with van der Waals surface area (Å²) in [6, 6.07) is 27.7. The van der Waals surface area contributed by atoms with E-state index in [1.807, 2.05) is 25.1 Å². The topological polar surface area (TPSA) is 64.2 Å². The maximum atomic E-state index is 12.6. The number of imidazole rings is 1. The summed E-state index contributed by atoms with van der Waals surface area (Å²) in [5.74, 6) is 0.725. The van der Waals surface area contributed by atoms with Gasteiger partial charge in [0.2, 0.25) is 0 Å². The van der Waals surface area contributed by atoms with Gasteiger partial charge in [0.25, 0.3) is 0 Å². The molecule has 3 aromatic carbocycles. The Morgan fingerprint density at radius 3 is 1.67 bits per heavy atom. The van der Waals surface area contributed by atoms with E-state index in [1.54, 1.807) is 0 Å². The van der Waals surface area contributed by atoms with E-state index in [2.05, 4.69) is 117 Å². The highest BCUT2D eigenvalue weighted by atomic mass is 35.5. The van der Waals surface area contributed by atoms with Crippen molar-refractivity contribution in [3.63, 3.8) is 0 Å². The van der Waals surface area contributed by atoms with Crippen LogP contribution in [0.15, 0.2) is 78.9 Å². The molecule has 0 bridgehead atoms. The zero-order chi connectivity index (χ0) is 30.1. The Hall–Kier alpha value is -2.38. The Morgan fingerprint density at radius 2 is 1.18 bits per heavy atom. The number of piperazine rings is 1. The van der Waals surface area contributed by atoms with Crippen molar-refractivity contribution >= 4 is 37.2 Å². The minimum atomic E-state index is -0.803. The normalized spacial score (nSPS) is 15.4. The number of halogens is 3. The highest BCUT2D eigenvalue weighted by Crippen LogP contribution is 2.45. The monoisotopic (exact) mass is 672 g/mol. The lowest BCUT2D eigenvalue weighted by atomic mass is 9.70. The van der Waals surface area contributed by atoms with Gasteiger partial charge in [0, 0.05) is 43.4 Å². The molecule has 3 N–H and O–H groups in total. The summed E-state index contributed by atoms with van der Waals surface area (Å²) >= 11 is 0. The molecule has 1 fully saturated rings. The lowest BCUT2D eigenvalue weighted by Crippen LogP contribution is -2.53. The minimum absolute atomic E-state index is 0. The number of hydrogen-bond donors (Lipinski definition) is 3. The van der Waals surface area contributed by atoms with Gasteiger partial charge in [-0.1, -0.05) is 120 Å². The largest absolute Gasteiger partial charge is 0.385 e. The predicted molar refractivity (Wildman–Crippen MR) is 196 cm³/mol. The molecule has 0 radical (unpaired) electrons. The molecule has 45 heavy (non-hydrogen) atoms. The van der Waals surface area contributed by atoms with Crippen LogP contribution in [-0.4, -0.2) is 52.2 Å². The van der Waals surface area contributed by atoms with Crippen LogP contribution in [0.1, 0.15) is 87.2 Å². The Kier molecular flexibility index (Phi) is 13.8. The number of hydrogen-bond acceptors (Lipinski definition) is 4. The number of nitrogens with zero attached hydrogens (tertiary/aromatic N) is 2. The molecule has 1 aliphatic rings. The minimum Gasteiger partial charge on any atom is -0.385 e. The number of H-pyrrole nitrogens is 1. The van der Waals surface area contributed by atoms with E-state index in [4.69, 9.17) is 4.98 Å². The zero-order valence-electron chi connectivity index (χ0n) is 27.6. The number of aryl methyl sites for hydroxylation is 1. The standard InChI is InChI=1S/C37H48N4O.3ClH/c1-25-32(40-35(39-25)26-15-9-8-10-16-26)34(42)33(41-23-21-38-22-24-41)31(27-17-11-13-19-29(27)36(2,3)4)28-18-12-14-20-30(28)37(5,6)7;;;/h8-20,31,33-34,38,42H,21-24H2,1-7H3,(H,39,40);3*1H. The maximum absolute atomic E-state index is 12.6. The molecule has 2 heterocycles. The van der Waals surface area contributed by atoms with Crippen LogP contribution < -0.4 is 5.32 Å². The summed E-state index contributed by atoms with van der Waals surface area (Å²) in [7, 11) is 0. The van der Waals surface area contributed by atoms with E-state index in [0.29, 0.717) is 0 Å². The molecule has 5 nitrogen and oxygen atoms in total. The van der Waals surface area contributed by atoms with Crippen LogP contribution in [0.5, 0.6) is 0 Å². The summed E-state index contributed by atoms with van der Waals surface area (Å²) in [5.41, 5.74) is 7.72. The SMILES string of the molecule is Cc1[nH]c(-c2ccccc2)nc1C(O)C(C(c1ccccc1C(C)(C)C)c1ccccc1C(C)(C)C)N1CCNCC1.Cl.Cl.Cl. The van der Waals surface area contributed by atoms with E-state index in [0.717, 1.165) is 49.0 Å². The van der Waals surface area contributed by atoms with E-state index >= 15 is 0 Å². The third-order valence-electron chi connectivity index (χ3n) is 8.70. The van der Waals surface area contributed by atoms with Gasteiger partial charge in [-0.2, -0.15) is 0 Å². The average molecular weight is 674 g/mol. The number of aromatic nitrogens is 2. The van der Waals surface area contributed by atoms with Gasteiger partial charge in [-0.15, -0.1) is 37.2 Å². The summed E-state index contributed by atoms with van der Waals surface area (Å²) in [6.07, 6.45) is -0.803. The van der Waals surface area contributed by atoms with Gasteiger partial charge in [0.1, 0.15) is 11.9 Å². The number of rotatable bonds is 7. The smallest absolute Gasteiger partial charge is 0.137 e. The molecule has 2 atom stereocenters. The zero-order valence-corrected chi connectivity index (χ0v) is 30.1. The van der Waals surface area contributed by atoms with Gasteiger partial charge in [-0.3, -0.25) is 4.90 Å². The van der Waals surface area contributed by atoms with E-state index in [1.165, 1.54) is 22.3 Å². The first-order valence-corrected chi connectivity index (χ1v) is 15.4. The second-order valence-electron chi connectivity index (χ2n) is 13.8. The van der Waals surface area contributed by atoms with Gasteiger partial charge in [0.05, 0.1) is 11.7 Å². The maximum Gasteiger partial charge on any atom is 0.137 e. The van der Waals surface area contributed by atoms with E-state index in [9.17, 15) is 5.11 Å². The first-order valence-electron chi connectivity index (χ1n) is 15.4. The van der Waals surface area contributed by atoms with Crippen LogP contribution >= 0.6 is 37.2 Å².